The first-order valence-electron chi connectivity index (χ1n) is 23.2. The Balaban J connectivity index is 0.000000214. The van der Waals surface area contributed by atoms with Gasteiger partial charge in [0.1, 0.15) is 17.2 Å². The highest BCUT2D eigenvalue weighted by Gasteiger charge is 2.37. The number of methoxy groups -OCH3 is 1. The van der Waals surface area contributed by atoms with Crippen LogP contribution in [-0.4, -0.2) is 81.1 Å². The van der Waals surface area contributed by atoms with E-state index >= 15 is 0 Å². The lowest BCUT2D eigenvalue weighted by Crippen LogP contribution is -2.38. The highest BCUT2D eigenvalue weighted by atomic mass is 19.4. The molecule has 0 radical (unpaired) electrons. The van der Waals surface area contributed by atoms with Gasteiger partial charge in [-0.25, -0.2) is 13.6 Å². The normalized spacial score (nSPS) is 14.0. The molecule has 1 fully saturated rings. The predicted molar refractivity (Wildman–Crippen MR) is 261 cm³/mol. The number of ether oxygens (including phenoxy) is 2. The molecule has 378 valence electrons. The molecule has 2 aromatic heterocycles. The number of aromatic carboxylic acids is 1. The summed E-state index contributed by atoms with van der Waals surface area (Å²) in [5.74, 6) is -3.65. The summed E-state index contributed by atoms with van der Waals surface area (Å²) in [6, 6.07) is 25.8. The van der Waals surface area contributed by atoms with E-state index in [1.165, 1.54) is 13.0 Å². The molecule has 0 saturated carbocycles. The second-order valence-corrected chi connectivity index (χ2v) is 18.7. The van der Waals surface area contributed by atoms with E-state index in [9.17, 15) is 31.5 Å². The van der Waals surface area contributed by atoms with Gasteiger partial charge in [0.15, 0.2) is 0 Å². The SMILES string of the molecule is COCc1cc(-c2nc(-c3c(F)cc(C(=O)O)c(F)c3C)no2)ccc1-c1ccccc1C.C[C@H]1CCCCN1c1ccc(-c2nc(-c3cccc(CN(C)CC(=O)OC(C)(C)C)c3)no2)cc1C(F)(F)F. The minimum Gasteiger partial charge on any atom is -0.478 e. The van der Waals surface area contributed by atoms with Crippen LogP contribution in [0.3, 0.4) is 0 Å². The number of piperidine rings is 1. The third kappa shape index (κ3) is 12.4. The molecule has 5 aromatic carbocycles. The van der Waals surface area contributed by atoms with Gasteiger partial charge < -0.3 is 28.5 Å². The number of aryl methyl sites for hydroxylation is 1. The average Bonchev–Trinajstić information content (AvgIpc) is 4.02. The van der Waals surface area contributed by atoms with E-state index in [-0.39, 0.29) is 64.4 Å². The molecule has 13 nitrogen and oxygen atoms in total. The van der Waals surface area contributed by atoms with E-state index in [2.05, 4.69) is 20.3 Å². The number of anilines is 1. The van der Waals surface area contributed by atoms with Gasteiger partial charge in [0, 0.05) is 48.6 Å². The molecule has 0 amide bonds. The largest absolute Gasteiger partial charge is 0.478 e. The number of carbonyl (C=O) groups is 2. The number of carboxylic acids is 1. The maximum absolute atomic E-state index is 14.6. The smallest absolute Gasteiger partial charge is 0.418 e. The molecule has 1 atom stereocenters. The van der Waals surface area contributed by atoms with Gasteiger partial charge in [-0.15, -0.1) is 0 Å². The number of hydrogen-bond acceptors (Lipinski definition) is 12. The molecule has 1 aliphatic rings. The monoisotopic (exact) mass is 994 g/mol. The van der Waals surface area contributed by atoms with Crippen molar-refractivity contribution in [2.75, 3.05) is 32.1 Å². The second kappa shape index (κ2) is 22.0. The van der Waals surface area contributed by atoms with Gasteiger partial charge in [0.05, 0.1) is 29.8 Å². The van der Waals surface area contributed by atoms with Crippen LogP contribution in [0.5, 0.6) is 0 Å². The van der Waals surface area contributed by atoms with Crippen LogP contribution < -0.4 is 4.90 Å². The number of alkyl halides is 3. The lowest BCUT2D eigenvalue weighted by molar-refractivity contribution is -0.155. The Hall–Kier alpha value is -7.31. The highest BCUT2D eigenvalue weighted by Crippen LogP contribution is 2.41. The van der Waals surface area contributed by atoms with Gasteiger partial charge in [0.2, 0.25) is 11.6 Å². The number of aromatic nitrogens is 4. The molecule has 7 aromatic rings. The van der Waals surface area contributed by atoms with Crippen LogP contribution in [0.2, 0.25) is 0 Å². The van der Waals surface area contributed by atoms with Crippen molar-refractivity contribution < 1.29 is 55.2 Å². The van der Waals surface area contributed by atoms with Crippen LogP contribution in [0.25, 0.3) is 56.8 Å². The van der Waals surface area contributed by atoms with Crippen LogP contribution in [0, 0.1) is 25.5 Å². The summed E-state index contributed by atoms with van der Waals surface area (Å²) in [6.45, 7) is 12.2. The van der Waals surface area contributed by atoms with Gasteiger partial charge in [-0.1, -0.05) is 58.8 Å². The molecule has 1 N–H and O–H groups in total. The predicted octanol–water partition coefficient (Wildman–Crippen LogP) is 12.4. The standard InChI is InChI=1S/C29H35F3N4O3.C25H20F2N2O4/c1-19-9-6-7-14-36(19)24-13-12-22(16-23(24)29(30,31)32)27-33-26(34-39-27)21-11-8-10-20(15-21)17-35(5)18-25(37)38-28(2,3)4;1-13-6-4-5-7-17(13)18-9-8-15(10-16(18)12-32-3)24-28-23(29-33-24)21-14(2)22(27)19(25(30)31)11-20(21)26/h8,10-13,15-16,19H,6-7,9,14,17-18H2,1-5H3;4-11H,12H2,1-3H3,(H,30,31)/t19-;/m0./s1. The molecule has 8 rings (SSSR count). The Kier molecular flexibility index (Phi) is 16.0. The van der Waals surface area contributed by atoms with Crippen LogP contribution in [0.4, 0.5) is 27.6 Å². The summed E-state index contributed by atoms with van der Waals surface area (Å²) < 4.78 is 92.7. The fourth-order valence-corrected chi connectivity index (χ4v) is 8.60. The Morgan fingerprint density at radius 2 is 1.51 bits per heavy atom. The number of nitrogens with zero attached hydrogens (tertiary/aromatic N) is 6. The molecule has 18 heteroatoms. The highest BCUT2D eigenvalue weighted by molar-refractivity contribution is 5.89. The minimum atomic E-state index is -4.52. The number of halogens is 5. The molecule has 0 bridgehead atoms. The lowest BCUT2D eigenvalue weighted by Gasteiger charge is -2.37. The summed E-state index contributed by atoms with van der Waals surface area (Å²) in [5.41, 5.74) is 4.12. The zero-order chi connectivity index (χ0) is 52.1. The summed E-state index contributed by atoms with van der Waals surface area (Å²) in [4.78, 5) is 35.6. The molecule has 0 aliphatic carbocycles. The van der Waals surface area contributed by atoms with Crippen molar-refractivity contribution in [1.29, 1.82) is 0 Å². The van der Waals surface area contributed by atoms with Gasteiger partial charge in [-0.3, -0.25) is 9.69 Å². The second-order valence-electron chi connectivity index (χ2n) is 18.7. The number of esters is 1. The maximum atomic E-state index is 14.6. The number of benzene rings is 5. The third-order valence-electron chi connectivity index (χ3n) is 12.0. The molecule has 72 heavy (non-hydrogen) atoms. The van der Waals surface area contributed by atoms with Crippen molar-refractivity contribution in [2.24, 2.45) is 0 Å². The minimum absolute atomic E-state index is 0.0150. The fraction of sp³-hybridized carbons (Fsp3) is 0.333. The molecule has 3 heterocycles. The molecule has 0 unspecified atom stereocenters. The van der Waals surface area contributed by atoms with Crippen molar-refractivity contribution >= 4 is 17.6 Å². The quantitative estimate of drug-likeness (QED) is 0.0860. The fourth-order valence-electron chi connectivity index (χ4n) is 8.60. The summed E-state index contributed by atoms with van der Waals surface area (Å²) in [7, 11) is 3.41. The number of hydrogen-bond donors (Lipinski definition) is 1. The molecular formula is C54H55F5N6O7. The van der Waals surface area contributed by atoms with E-state index in [1.54, 1.807) is 25.3 Å². The van der Waals surface area contributed by atoms with Crippen molar-refractivity contribution in [3.05, 3.63) is 136 Å². The van der Waals surface area contributed by atoms with Crippen LogP contribution in [0.15, 0.2) is 100 Å². The first-order chi connectivity index (χ1) is 34.1. The van der Waals surface area contributed by atoms with Crippen molar-refractivity contribution in [3.63, 3.8) is 0 Å². The van der Waals surface area contributed by atoms with E-state index in [0.717, 1.165) is 53.1 Å². The average molecular weight is 995 g/mol. The zero-order valence-electron chi connectivity index (χ0n) is 41.2. The van der Waals surface area contributed by atoms with E-state index in [1.807, 2.05) is 106 Å². The zero-order valence-corrected chi connectivity index (χ0v) is 41.2. The van der Waals surface area contributed by atoms with Gasteiger partial charge in [-0.2, -0.15) is 23.1 Å². The molecule has 1 aliphatic heterocycles. The lowest BCUT2D eigenvalue weighted by atomic mass is 9.94. The molecule has 0 spiro atoms. The topological polar surface area (TPSA) is 157 Å². The Labute approximate surface area is 413 Å². The number of carbonyl (C=O) groups excluding carboxylic acids is 1. The Morgan fingerprint density at radius 3 is 2.18 bits per heavy atom. The van der Waals surface area contributed by atoms with Crippen molar-refractivity contribution in [3.8, 4) is 56.8 Å². The summed E-state index contributed by atoms with van der Waals surface area (Å²) in [6.07, 6.45) is -1.78. The van der Waals surface area contributed by atoms with Crippen LogP contribution >= 0.6 is 0 Å². The Bertz CT molecular complexity index is 3070. The van der Waals surface area contributed by atoms with E-state index in [0.29, 0.717) is 36.9 Å². The number of rotatable bonds is 13. The Morgan fingerprint density at radius 1 is 0.833 bits per heavy atom. The van der Waals surface area contributed by atoms with Crippen molar-refractivity contribution in [2.45, 2.75) is 91.8 Å². The number of likely N-dealkylation sites (N-methyl/N-ethyl adjacent to an activating group) is 1. The number of carboxylic acid groups (broad SMARTS) is 1. The summed E-state index contributed by atoms with van der Waals surface area (Å²) in [5, 5.41) is 16.9. The first-order valence-corrected chi connectivity index (χ1v) is 23.2. The van der Waals surface area contributed by atoms with Gasteiger partial charge >= 0.3 is 18.1 Å². The van der Waals surface area contributed by atoms with Gasteiger partial charge in [0.25, 0.3) is 11.8 Å². The molecular weight excluding hydrogens is 940 g/mol. The maximum Gasteiger partial charge on any atom is 0.418 e. The van der Waals surface area contributed by atoms with Crippen molar-refractivity contribution in [1.82, 2.24) is 25.2 Å². The molecule has 1 saturated heterocycles. The van der Waals surface area contributed by atoms with Crippen LogP contribution in [-0.2, 0) is 33.6 Å². The third-order valence-corrected chi connectivity index (χ3v) is 12.0. The summed E-state index contributed by atoms with van der Waals surface area (Å²) >= 11 is 0. The first kappa shape index (κ1) is 52.5. The van der Waals surface area contributed by atoms with Crippen LogP contribution in [0.1, 0.15) is 85.1 Å². The van der Waals surface area contributed by atoms with E-state index in [4.69, 9.17) is 23.6 Å². The van der Waals surface area contributed by atoms with Gasteiger partial charge in [-0.05, 0) is 144 Å². The van der Waals surface area contributed by atoms with E-state index < -0.39 is 40.5 Å².